The molecular weight excluding hydrogens is 655 g/mol. The number of rotatable bonds is 4. The lowest BCUT2D eigenvalue weighted by Gasteiger charge is -2.27. The molecule has 6 aromatic rings. The number of nitrogens with zero attached hydrogens (tertiary/aromatic N) is 3. The van der Waals surface area contributed by atoms with Crippen LogP contribution in [0, 0.1) is 5.92 Å². The first-order chi connectivity index (χ1) is 23.6. The third-order valence-electron chi connectivity index (χ3n) is 8.93. The molecule has 4 aromatic carbocycles. The summed E-state index contributed by atoms with van der Waals surface area (Å²) in [6.07, 6.45) is 5.32. The lowest BCUT2D eigenvalue weighted by Crippen LogP contribution is -2.45. The summed E-state index contributed by atoms with van der Waals surface area (Å²) in [4.78, 5) is 48.1. The van der Waals surface area contributed by atoms with Crippen molar-refractivity contribution in [2.45, 2.75) is 70.9 Å². The van der Waals surface area contributed by atoms with Crippen LogP contribution in [0.15, 0.2) is 72.8 Å². The molecule has 11 heteroatoms. The smallest absolute Gasteiger partial charge is 0.410 e. The second-order valence-electron chi connectivity index (χ2n) is 13.6. The van der Waals surface area contributed by atoms with Crippen molar-refractivity contribution in [2.75, 3.05) is 17.2 Å². The van der Waals surface area contributed by atoms with Crippen LogP contribution in [0.1, 0.15) is 59.3 Å². The fraction of sp³-hybridized carbons (Fsp3) is 0.342. The van der Waals surface area contributed by atoms with Crippen molar-refractivity contribution < 1.29 is 19.1 Å². The Labute approximate surface area is 292 Å². The van der Waals surface area contributed by atoms with Crippen LogP contribution in [-0.2, 0) is 14.3 Å². The number of fused-ring (bicyclic) bond motifs is 6. The highest BCUT2D eigenvalue weighted by Gasteiger charge is 2.37. The highest BCUT2D eigenvalue weighted by molar-refractivity contribution is 7.23. The zero-order valence-electron chi connectivity index (χ0n) is 27.8. The van der Waals surface area contributed by atoms with Crippen molar-refractivity contribution in [3.8, 4) is 0 Å². The van der Waals surface area contributed by atoms with E-state index in [4.69, 9.17) is 4.74 Å². The quantitative estimate of drug-likeness (QED) is 0.190. The molecule has 3 amide bonds. The zero-order chi connectivity index (χ0) is 34.1. The Morgan fingerprint density at radius 3 is 1.80 bits per heavy atom. The van der Waals surface area contributed by atoms with Crippen LogP contribution < -0.4 is 10.6 Å². The van der Waals surface area contributed by atoms with Gasteiger partial charge in [0.05, 0.1) is 20.4 Å². The molecule has 49 heavy (non-hydrogen) atoms. The molecule has 252 valence electrons. The molecule has 2 aliphatic rings. The number of benzene rings is 4. The van der Waals surface area contributed by atoms with Crippen LogP contribution >= 0.6 is 22.7 Å². The second-order valence-corrected chi connectivity index (χ2v) is 15.6. The molecule has 0 bridgehead atoms. The van der Waals surface area contributed by atoms with Crippen LogP contribution in [-0.4, -0.2) is 51.0 Å². The van der Waals surface area contributed by atoms with Gasteiger partial charge in [-0.15, -0.1) is 0 Å². The van der Waals surface area contributed by atoms with Gasteiger partial charge in [0.2, 0.25) is 11.8 Å². The molecule has 0 unspecified atom stereocenters. The monoisotopic (exact) mass is 693 g/mol. The van der Waals surface area contributed by atoms with Gasteiger partial charge in [-0.2, -0.15) is 0 Å². The number of thiazole rings is 2. The predicted octanol–water partition coefficient (Wildman–Crippen LogP) is 9.37. The first-order valence-electron chi connectivity index (χ1n) is 16.8. The standard InChI is InChI=1S/C21H23N3O3S.C17H16N2OS/c1-21(2,3)27-20(26)24-12-6-9-16(24)18(25)23-19-22-15-11-10-13-7-4-5-8-14(13)17(15)28-19;20-16(12-6-1-2-7-12)19-17-18-14-10-9-11-5-3-4-8-13(11)15(14)21-17/h4-5,7-8,10-11,16H,6,9,12H2,1-3H3,(H,22,23,25);3-5,8-10,12H,1-2,6-7H2,(H,18,19,20)/t16-;/m1./s1. The van der Waals surface area contributed by atoms with E-state index in [0.29, 0.717) is 18.1 Å². The second kappa shape index (κ2) is 13.7. The number of carbonyl (C=O) groups is 3. The summed E-state index contributed by atoms with van der Waals surface area (Å²) < 4.78 is 7.64. The molecule has 1 atom stereocenters. The Hall–Kier alpha value is -4.61. The van der Waals surface area contributed by atoms with E-state index in [1.165, 1.54) is 39.9 Å². The average molecular weight is 694 g/mol. The van der Waals surface area contributed by atoms with Gasteiger partial charge in [-0.1, -0.05) is 96.2 Å². The fourth-order valence-corrected chi connectivity index (χ4v) is 8.59. The number of likely N-dealkylation sites (tertiary alicyclic amines) is 1. The van der Waals surface area contributed by atoms with Crippen LogP contribution in [0.3, 0.4) is 0 Å². The normalized spacial score (nSPS) is 16.6. The van der Waals surface area contributed by atoms with Gasteiger partial charge in [-0.3, -0.25) is 14.5 Å². The summed E-state index contributed by atoms with van der Waals surface area (Å²) >= 11 is 3.03. The molecule has 8 rings (SSSR count). The van der Waals surface area contributed by atoms with E-state index in [-0.39, 0.29) is 17.7 Å². The van der Waals surface area contributed by atoms with Gasteiger partial charge in [0.15, 0.2) is 10.3 Å². The number of hydrogen-bond donors (Lipinski definition) is 2. The van der Waals surface area contributed by atoms with Gasteiger partial charge >= 0.3 is 6.09 Å². The third kappa shape index (κ3) is 7.23. The van der Waals surface area contributed by atoms with Gasteiger partial charge < -0.3 is 15.4 Å². The summed E-state index contributed by atoms with van der Waals surface area (Å²) in [7, 11) is 0. The number of aromatic nitrogens is 2. The Morgan fingerprint density at radius 2 is 1.24 bits per heavy atom. The van der Waals surface area contributed by atoms with Crippen LogP contribution in [0.4, 0.5) is 15.1 Å². The first-order valence-corrected chi connectivity index (χ1v) is 18.4. The van der Waals surface area contributed by atoms with Crippen LogP contribution in [0.25, 0.3) is 42.0 Å². The van der Waals surface area contributed by atoms with Crippen molar-refractivity contribution in [1.29, 1.82) is 0 Å². The molecule has 1 aliphatic carbocycles. The van der Waals surface area contributed by atoms with Crippen LogP contribution in [0.5, 0.6) is 0 Å². The summed E-state index contributed by atoms with van der Waals surface area (Å²) in [6, 6.07) is 24.0. The van der Waals surface area contributed by atoms with E-state index in [2.05, 4.69) is 50.9 Å². The summed E-state index contributed by atoms with van der Waals surface area (Å²) in [5.41, 5.74) is 1.23. The summed E-state index contributed by atoms with van der Waals surface area (Å²) in [5.74, 6) is 0.0938. The molecular formula is C38H39N5O4S2. The molecule has 3 heterocycles. The zero-order valence-corrected chi connectivity index (χ0v) is 29.5. The van der Waals surface area contributed by atoms with Crippen molar-refractivity contribution in [3.63, 3.8) is 0 Å². The maximum atomic E-state index is 12.8. The molecule has 2 N–H and O–H groups in total. The Morgan fingerprint density at radius 1 is 0.714 bits per heavy atom. The van der Waals surface area contributed by atoms with Gasteiger partial charge in [-0.05, 0) is 69.4 Å². The fourth-order valence-electron chi connectivity index (χ4n) is 6.58. The van der Waals surface area contributed by atoms with Gasteiger partial charge in [0.1, 0.15) is 11.6 Å². The molecule has 0 spiro atoms. The summed E-state index contributed by atoms with van der Waals surface area (Å²) in [5, 5.41) is 11.9. The molecule has 2 aromatic heterocycles. The highest BCUT2D eigenvalue weighted by Crippen LogP contribution is 2.35. The molecule has 0 radical (unpaired) electrons. The van der Waals surface area contributed by atoms with E-state index >= 15 is 0 Å². The topological polar surface area (TPSA) is 114 Å². The van der Waals surface area contributed by atoms with E-state index in [1.54, 1.807) is 11.3 Å². The Kier molecular flexibility index (Phi) is 9.21. The first kappa shape index (κ1) is 32.9. The van der Waals surface area contributed by atoms with Gasteiger partial charge in [-0.25, -0.2) is 14.8 Å². The number of anilines is 2. The third-order valence-corrected chi connectivity index (χ3v) is 11.0. The van der Waals surface area contributed by atoms with E-state index < -0.39 is 17.7 Å². The van der Waals surface area contributed by atoms with Crippen molar-refractivity contribution in [2.24, 2.45) is 5.92 Å². The molecule has 1 saturated carbocycles. The minimum absolute atomic E-state index is 0.135. The minimum Gasteiger partial charge on any atom is -0.444 e. The molecule has 1 saturated heterocycles. The van der Waals surface area contributed by atoms with E-state index in [1.807, 2.05) is 63.2 Å². The Bertz CT molecular complexity index is 2180. The maximum absolute atomic E-state index is 12.8. The van der Waals surface area contributed by atoms with E-state index in [0.717, 1.165) is 55.6 Å². The Balaban J connectivity index is 0.000000160. The largest absolute Gasteiger partial charge is 0.444 e. The number of ether oxygens (including phenoxy) is 1. The molecule has 1 aliphatic heterocycles. The lowest BCUT2D eigenvalue weighted by molar-refractivity contribution is -0.120. The number of amides is 3. The number of hydrogen-bond acceptors (Lipinski definition) is 8. The number of carbonyl (C=O) groups excluding carboxylic acids is 3. The molecule has 9 nitrogen and oxygen atoms in total. The molecule has 2 fully saturated rings. The predicted molar refractivity (Wildman–Crippen MR) is 199 cm³/mol. The lowest BCUT2D eigenvalue weighted by atomic mass is 10.1. The number of nitrogens with one attached hydrogen (secondary N) is 2. The van der Waals surface area contributed by atoms with Crippen molar-refractivity contribution >= 4 is 92.8 Å². The van der Waals surface area contributed by atoms with Crippen LogP contribution in [0.2, 0.25) is 0 Å². The van der Waals surface area contributed by atoms with Gasteiger partial charge in [0.25, 0.3) is 0 Å². The van der Waals surface area contributed by atoms with E-state index in [9.17, 15) is 14.4 Å². The van der Waals surface area contributed by atoms with Crippen molar-refractivity contribution in [3.05, 3.63) is 72.8 Å². The summed E-state index contributed by atoms with van der Waals surface area (Å²) in [6.45, 7) is 5.99. The SMILES string of the molecule is CC(C)(C)OC(=O)N1CCC[C@@H]1C(=O)Nc1nc2ccc3ccccc3c2s1.O=C(Nc1nc2ccc3ccccc3c2s1)C1CCCC1. The highest BCUT2D eigenvalue weighted by atomic mass is 32.1. The maximum Gasteiger partial charge on any atom is 0.410 e. The van der Waals surface area contributed by atoms with Crippen molar-refractivity contribution in [1.82, 2.24) is 14.9 Å². The average Bonchev–Trinajstić information content (AvgIpc) is 3.90. The minimum atomic E-state index is -0.589. The van der Waals surface area contributed by atoms with Gasteiger partial charge in [0, 0.05) is 23.2 Å².